The van der Waals surface area contributed by atoms with Gasteiger partial charge in [-0.05, 0) is 24.5 Å². The molecule has 2 fully saturated rings. The number of aromatic nitrogens is 2. The molecule has 0 aliphatic carbocycles. The molecule has 7 heteroatoms. The molecule has 4 heterocycles. The number of hydrogen-bond donors (Lipinski definition) is 0. The van der Waals surface area contributed by atoms with Crippen LogP contribution in [-0.2, 0) is 15.9 Å². The van der Waals surface area contributed by atoms with Crippen LogP contribution in [0.25, 0.3) is 0 Å². The highest BCUT2D eigenvalue weighted by molar-refractivity contribution is 6.05. The Labute approximate surface area is 164 Å². The van der Waals surface area contributed by atoms with Crippen LogP contribution in [0.15, 0.2) is 36.7 Å². The second-order valence-electron chi connectivity index (χ2n) is 7.55. The van der Waals surface area contributed by atoms with Gasteiger partial charge in [0.1, 0.15) is 17.8 Å². The Morgan fingerprint density at radius 3 is 2.64 bits per heavy atom. The SMILES string of the molecule is O=C(c1cc(N2CCC3(CC2)OCCO3)ncn1)N1CCCc2ccccc21. The van der Waals surface area contributed by atoms with E-state index >= 15 is 0 Å². The van der Waals surface area contributed by atoms with Crippen molar-refractivity contribution in [3.63, 3.8) is 0 Å². The molecule has 1 aromatic heterocycles. The van der Waals surface area contributed by atoms with Gasteiger partial charge < -0.3 is 19.3 Å². The van der Waals surface area contributed by atoms with Crippen molar-refractivity contribution in [1.82, 2.24) is 9.97 Å². The molecule has 0 N–H and O–H groups in total. The van der Waals surface area contributed by atoms with E-state index in [0.717, 1.165) is 56.8 Å². The fourth-order valence-electron chi connectivity index (χ4n) is 4.38. The van der Waals surface area contributed by atoms with E-state index in [0.29, 0.717) is 18.9 Å². The monoisotopic (exact) mass is 380 g/mol. The van der Waals surface area contributed by atoms with Crippen LogP contribution in [0, 0.1) is 0 Å². The van der Waals surface area contributed by atoms with Gasteiger partial charge in [-0.15, -0.1) is 0 Å². The normalized spacial score (nSPS) is 21.0. The predicted molar refractivity (Wildman–Crippen MR) is 105 cm³/mol. The number of nitrogens with zero attached hydrogens (tertiary/aromatic N) is 4. The summed E-state index contributed by atoms with van der Waals surface area (Å²) in [6.45, 7) is 3.64. The average molecular weight is 380 g/mol. The van der Waals surface area contributed by atoms with Crippen molar-refractivity contribution >= 4 is 17.4 Å². The number of ether oxygens (including phenoxy) is 2. The largest absolute Gasteiger partial charge is 0.356 e. The first kappa shape index (κ1) is 17.6. The molecule has 0 saturated carbocycles. The first-order valence-corrected chi connectivity index (χ1v) is 9.99. The zero-order chi connectivity index (χ0) is 19.0. The van der Waals surface area contributed by atoms with E-state index in [1.807, 2.05) is 29.2 Å². The second kappa shape index (κ2) is 7.14. The van der Waals surface area contributed by atoms with Gasteiger partial charge in [-0.3, -0.25) is 4.79 Å². The number of fused-ring (bicyclic) bond motifs is 1. The number of aryl methyl sites for hydroxylation is 1. The Kier molecular flexibility index (Phi) is 4.49. The molecule has 1 amide bonds. The number of benzene rings is 1. The molecule has 0 radical (unpaired) electrons. The molecule has 7 nitrogen and oxygen atoms in total. The molecule has 2 aromatic rings. The summed E-state index contributed by atoms with van der Waals surface area (Å²) in [6.07, 6.45) is 5.08. The van der Waals surface area contributed by atoms with Gasteiger partial charge >= 0.3 is 0 Å². The second-order valence-corrected chi connectivity index (χ2v) is 7.55. The lowest BCUT2D eigenvalue weighted by atomic mass is 10.0. The first-order valence-electron chi connectivity index (χ1n) is 9.99. The lowest BCUT2D eigenvalue weighted by molar-refractivity contribution is -0.169. The molecule has 5 rings (SSSR count). The minimum atomic E-state index is -0.417. The van der Waals surface area contributed by atoms with Crippen molar-refractivity contribution in [2.75, 3.05) is 42.6 Å². The van der Waals surface area contributed by atoms with Crippen LogP contribution < -0.4 is 9.80 Å². The van der Waals surface area contributed by atoms with Gasteiger partial charge in [-0.1, -0.05) is 18.2 Å². The summed E-state index contributed by atoms with van der Waals surface area (Å²) < 4.78 is 11.6. The van der Waals surface area contributed by atoms with Gasteiger partial charge in [-0.25, -0.2) is 9.97 Å². The zero-order valence-electron chi connectivity index (χ0n) is 15.8. The number of para-hydroxylation sites is 1. The topological polar surface area (TPSA) is 67.8 Å². The summed E-state index contributed by atoms with van der Waals surface area (Å²) in [5, 5.41) is 0. The van der Waals surface area contributed by atoms with Gasteiger partial charge in [0, 0.05) is 44.2 Å². The first-order chi connectivity index (χ1) is 13.7. The van der Waals surface area contributed by atoms with Gasteiger partial charge in [0.15, 0.2) is 5.79 Å². The number of hydrogen-bond acceptors (Lipinski definition) is 6. The maximum atomic E-state index is 13.2. The third-order valence-corrected chi connectivity index (χ3v) is 5.89. The minimum absolute atomic E-state index is 0.0632. The zero-order valence-corrected chi connectivity index (χ0v) is 15.8. The van der Waals surface area contributed by atoms with Crippen LogP contribution in [0.4, 0.5) is 11.5 Å². The van der Waals surface area contributed by atoms with Crippen molar-refractivity contribution in [3.05, 3.63) is 47.9 Å². The van der Waals surface area contributed by atoms with E-state index < -0.39 is 5.79 Å². The predicted octanol–water partition coefficient (Wildman–Crippen LogP) is 2.41. The minimum Gasteiger partial charge on any atom is -0.356 e. The summed E-state index contributed by atoms with van der Waals surface area (Å²) in [6, 6.07) is 9.92. The Bertz CT molecular complexity index is 871. The summed E-state index contributed by atoms with van der Waals surface area (Å²) in [4.78, 5) is 25.9. The summed E-state index contributed by atoms with van der Waals surface area (Å²) in [7, 11) is 0. The number of rotatable bonds is 2. The number of carbonyl (C=O) groups excluding carboxylic acids is 1. The van der Waals surface area contributed by atoms with E-state index in [1.54, 1.807) is 0 Å². The van der Waals surface area contributed by atoms with Crippen molar-refractivity contribution in [2.45, 2.75) is 31.5 Å². The Balaban J connectivity index is 1.34. The standard InChI is InChI=1S/C21H24N4O3/c26-20(25-9-3-5-16-4-1-2-6-18(16)25)17-14-19(23-15-22-17)24-10-7-21(8-11-24)27-12-13-28-21/h1-2,4,6,14-15H,3,5,7-13H2. The number of anilines is 2. The van der Waals surface area contributed by atoms with E-state index in [9.17, 15) is 4.79 Å². The summed E-state index contributed by atoms with van der Waals surface area (Å²) in [5.41, 5.74) is 2.65. The van der Waals surface area contributed by atoms with Crippen molar-refractivity contribution < 1.29 is 14.3 Å². The van der Waals surface area contributed by atoms with E-state index in [4.69, 9.17) is 9.47 Å². The highest BCUT2D eigenvalue weighted by Crippen LogP contribution is 2.33. The van der Waals surface area contributed by atoms with Crippen LogP contribution in [0.1, 0.15) is 35.3 Å². The molecule has 28 heavy (non-hydrogen) atoms. The van der Waals surface area contributed by atoms with Crippen molar-refractivity contribution in [2.24, 2.45) is 0 Å². The van der Waals surface area contributed by atoms with Crippen LogP contribution >= 0.6 is 0 Å². The summed E-state index contributed by atoms with van der Waals surface area (Å²) in [5.74, 6) is 0.308. The summed E-state index contributed by atoms with van der Waals surface area (Å²) >= 11 is 0. The number of carbonyl (C=O) groups is 1. The van der Waals surface area contributed by atoms with Gasteiger partial charge in [0.25, 0.3) is 5.91 Å². The molecule has 0 unspecified atom stereocenters. The Hall–Kier alpha value is -2.51. The van der Waals surface area contributed by atoms with Gasteiger partial charge in [0.05, 0.1) is 13.2 Å². The lowest BCUT2D eigenvalue weighted by Crippen LogP contribution is -2.45. The maximum Gasteiger partial charge on any atom is 0.277 e. The maximum absolute atomic E-state index is 13.2. The molecule has 2 saturated heterocycles. The van der Waals surface area contributed by atoms with Crippen LogP contribution in [0.2, 0.25) is 0 Å². The molecule has 3 aliphatic heterocycles. The van der Waals surface area contributed by atoms with E-state index in [-0.39, 0.29) is 5.91 Å². The lowest BCUT2D eigenvalue weighted by Gasteiger charge is -2.38. The molecule has 146 valence electrons. The molecule has 0 bridgehead atoms. The van der Waals surface area contributed by atoms with Gasteiger partial charge in [0.2, 0.25) is 0 Å². The van der Waals surface area contributed by atoms with Gasteiger partial charge in [-0.2, -0.15) is 0 Å². The fraction of sp³-hybridized carbons (Fsp3) is 0.476. The Morgan fingerprint density at radius 1 is 1.04 bits per heavy atom. The third-order valence-electron chi connectivity index (χ3n) is 5.89. The average Bonchev–Trinajstić information content (AvgIpc) is 3.21. The molecule has 3 aliphatic rings. The molecule has 1 spiro atoms. The molecular weight excluding hydrogens is 356 g/mol. The smallest absolute Gasteiger partial charge is 0.277 e. The highest BCUT2D eigenvalue weighted by atomic mass is 16.7. The highest BCUT2D eigenvalue weighted by Gasteiger charge is 2.40. The molecule has 1 aromatic carbocycles. The molecule has 0 atom stereocenters. The number of amides is 1. The van der Waals surface area contributed by atoms with E-state index in [1.165, 1.54) is 11.9 Å². The van der Waals surface area contributed by atoms with Crippen LogP contribution in [0.3, 0.4) is 0 Å². The fourth-order valence-corrected chi connectivity index (χ4v) is 4.38. The molecular formula is C21H24N4O3. The quantitative estimate of drug-likeness (QED) is 0.797. The Morgan fingerprint density at radius 2 is 1.82 bits per heavy atom. The third kappa shape index (κ3) is 3.14. The van der Waals surface area contributed by atoms with Crippen molar-refractivity contribution in [3.8, 4) is 0 Å². The van der Waals surface area contributed by atoms with Crippen LogP contribution in [-0.4, -0.2) is 54.5 Å². The van der Waals surface area contributed by atoms with Crippen molar-refractivity contribution in [1.29, 1.82) is 0 Å². The van der Waals surface area contributed by atoms with E-state index in [2.05, 4.69) is 20.9 Å². The van der Waals surface area contributed by atoms with Crippen LogP contribution in [0.5, 0.6) is 0 Å². The number of piperidine rings is 1.